The number of aliphatic hydroxyl groups excluding tert-OH is 3. The van der Waals surface area contributed by atoms with Crippen LogP contribution in [-0.4, -0.2) is 59.6 Å². The molecular formula is C22H42O5. The van der Waals surface area contributed by atoms with E-state index in [2.05, 4.69) is 13.0 Å². The third-order valence-electron chi connectivity index (χ3n) is 5.28. The molecule has 0 aromatic rings. The van der Waals surface area contributed by atoms with Gasteiger partial charge in [-0.1, -0.05) is 83.3 Å². The maximum atomic E-state index is 9.80. The third-order valence-corrected chi connectivity index (χ3v) is 5.28. The predicted molar refractivity (Wildman–Crippen MR) is 109 cm³/mol. The first-order chi connectivity index (χ1) is 13.2. The highest BCUT2D eigenvalue weighted by molar-refractivity contribution is 4.89. The van der Waals surface area contributed by atoms with Gasteiger partial charge in [0.1, 0.15) is 24.4 Å². The SMILES string of the molecule is CCCCCCCCCCCCC/C=C/CO[C@@H](CO)[C@@H]1OC[C@@H](O)[C@@H]1O. The van der Waals surface area contributed by atoms with Crippen LogP contribution < -0.4 is 0 Å². The maximum absolute atomic E-state index is 9.80. The highest BCUT2D eigenvalue weighted by Crippen LogP contribution is 2.19. The van der Waals surface area contributed by atoms with Gasteiger partial charge in [0.05, 0.1) is 19.8 Å². The zero-order valence-corrected chi connectivity index (χ0v) is 17.2. The molecule has 3 N–H and O–H groups in total. The number of ether oxygens (including phenoxy) is 2. The fourth-order valence-electron chi connectivity index (χ4n) is 3.50. The first-order valence-corrected chi connectivity index (χ1v) is 11.1. The summed E-state index contributed by atoms with van der Waals surface area (Å²) >= 11 is 0. The summed E-state index contributed by atoms with van der Waals surface area (Å²) in [5, 5.41) is 28.7. The minimum atomic E-state index is -0.998. The van der Waals surface area contributed by atoms with Gasteiger partial charge in [-0.05, 0) is 12.8 Å². The van der Waals surface area contributed by atoms with Crippen molar-refractivity contribution in [2.24, 2.45) is 0 Å². The number of aliphatic hydroxyl groups is 3. The van der Waals surface area contributed by atoms with Crippen LogP contribution in [0, 0.1) is 0 Å². The Morgan fingerprint density at radius 3 is 2.04 bits per heavy atom. The van der Waals surface area contributed by atoms with Crippen LogP contribution in [0.25, 0.3) is 0 Å². The van der Waals surface area contributed by atoms with Gasteiger partial charge < -0.3 is 24.8 Å². The standard InChI is InChI=1S/C22H42O5/c1-2-3-4-5-6-7-8-9-10-11-12-13-14-15-16-26-20(17-23)22-21(25)19(24)18-27-22/h14-15,19-25H,2-13,16-18H2,1H3/b15-14+/t19-,20+,21+,22+/m1/s1. The third kappa shape index (κ3) is 11.2. The van der Waals surface area contributed by atoms with E-state index in [1.807, 2.05) is 6.08 Å². The molecule has 1 saturated heterocycles. The zero-order valence-electron chi connectivity index (χ0n) is 17.2. The van der Waals surface area contributed by atoms with Crippen molar-refractivity contribution in [3.05, 3.63) is 12.2 Å². The van der Waals surface area contributed by atoms with E-state index in [4.69, 9.17) is 9.47 Å². The molecule has 0 bridgehead atoms. The highest BCUT2D eigenvalue weighted by Gasteiger charge is 2.40. The Labute approximate surface area is 165 Å². The molecule has 5 nitrogen and oxygen atoms in total. The van der Waals surface area contributed by atoms with Crippen LogP contribution >= 0.6 is 0 Å². The predicted octanol–water partition coefficient (Wildman–Crippen LogP) is 3.74. The number of rotatable bonds is 17. The molecule has 0 aromatic heterocycles. The van der Waals surface area contributed by atoms with E-state index in [0.29, 0.717) is 6.61 Å². The summed E-state index contributed by atoms with van der Waals surface area (Å²) < 4.78 is 10.9. The summed E-state index contributed by atoms with van der Waals surface area (Å²) in [5.41, 5.74) is 0. The molecule has 0 spiro atoms. The first kappa shape index (κ1) is 24.6. The molecule has 1 heterocycles. The second kappa shape index (κ2) is 16.5. The Bertz CT molecular complexity index is 361. The van der Waals surface area contributed by atoms with E-state index in [1.54, 1.807) is 0 Å². The highest BCUT2D eigenvalue weighted by atomic mass is 16.6. The molecular weight excluding hydrogens is 344 g/mol. The van der Waals surface area contributed by atoms with Crippen molar-refractivity contribution >= 4 is 0 Å². The Morgan fingerprint density at radius 1 is 0.926 bits per heavy atom. The largest absolute Gasteiger partial charge is 0.394 e. The lowest BCUT2D eigenvalue weighted by atomic mass is 10.1. The monoisotopic (exact) mass is 386 g/mol. The molecule has 0 aliphatic carbocycles. The van der Waals surface area contributed by atoms with Crippen molar-refractivity contribution in [1.82, 2.24) is 0 Å². The number of hydrogen-bond acceptors (Lipinski definition) is 5. The molecule has 0 radical (unpaired) electrons. The number of hydrogen-bond donors (Lipinski definition) is 3. The normalized spacial score (nSPS) is 24.1. The Kier molecular flexibility index (Phi) is 15.0. The average molecular weight is 387 g/mol. The average Bonchev–Trinajstić information content (AvgIpc) is 3.00. The lowest BCUT2D eigenvalue weighted by Crippen LogP contribution is -2.42. The molecule has 1 aliphatic heterocycles. The summed E-state index contributed by atoms with van der Waals surface area (Å²) in [5.74, 6) is 0. The Hall–Kier alpha value is -0.460. The van der Waals surface area contributed by atoms with Crippen molar-refractivity contribution in [3.8, 4) is 0 Å². The van der Waals surface area contributed by atoms with Gasteiger partial charge in [-0.3, -0.25) is 0 Å². The number of unbranched alkanes of at least 4 members (excludes halogenated alkanes) is 11. The molecule has 1 rings (SSSR count). The van der Waals surface area contributed by atoms with Crippen LogP contribution in [0.4, 0.5) is 0 Å². The lowest BCUT2D eigenvalue weighted by molar-refractivity contribution is -0.0942. The summed E-state index contributed by atoms with van der Waals surface area (Å²) in [6, 6.07) is 0. The maximum Gasteiger partial charge on any atom is 0.114 e. The van der Waals surface area contributed by atoms with Crippen molar-refractivity contribution in [2.45, 2.75) is 108 Å². The summed E-state index contributed by atoms with van der Waals surface area (Å²) in [7, 11) is 0. The van der Waals surface area contributed by atoms with Gasteiger partial charge in [0.2, 0.25) is 0 Å². The van der Waals surface area contributed by atoms with Gasteiger partial charge in [0.25, 0.3) is 0 Å². The first-order valence-electron chi connectivity index (χ1n) is 11.1. The Balaban J connectivity index is 1.91. The second-order valence-corrected chi connectivity index (χ2v) is 7.71. The molecule has 1 aliphatic rings. The van der Waals surface area contributed by atoms with Gasteiger partial charge >= 0.3 is 0 Å². The minimum Gasteiger partial charge on any atom is -0.394 e. The van der Waals surface area contributed by atoms with Crippen LogP contribution in [-0.2, 0) is 9.47 Å². The molecule has 0 unspecified atom stereocenters. The van der Waals surface area contributed by atoms with Crippen molar-refractivity contribution in [3.63, 3.8) is 0 Å². The van der Waals surface area contributed by atoms with E-state index in [-0.39, 0.29) is 13.2 Å². The quantitative estimate of drug-likeness (QED) is 0.262. The van der Waals surface area contributed by atoms with Crippen molar-refractivity contribution < 1.29 is 24.8 Å². The smallest absolute Gasteiger partial charge is 0.114 e. The minimum absolute atomic E-state index is 0.0837. The molecule has 1 fully saturated rings. The fourth-order valence-corrected chi connectivity index (χ4v) is 3.50. The van der Waals surface area contributed by atoms with E-state index in [9.17, 15) is 15.3 Å². The molecule has 27 heavy (non-hydrogen) atoms. The number of allylic oxidation sites excluding steroid dienone is 1. The van der Waals surface area contributed by atoms with Gasteiger partial charge in [0.15, 0.2) is 0 Å². The van der Waals surface area contributed by atoms with Crippen LogP contribution in [0.5, 0.6) is 0 Å². The zero-order chi connectivity index (χ0) is 19.7. The van der Waals surface area contributed by atoms with E-state index >= 15 is 0 Å². The van der Waals surface area contributed by atoms with Gasteiger partial charge in [-0.15, -0.1) is 0 Å². The summed E-state index contributed by atoms with van der Waals surface area (Å²) in [6.45, 7) is 2.49. The summed E-state index contributed by atoms with van der Waals surface area (Å²) in [6.07, 6.45) is 16.8. The van der Waals surface area contributed by atoms with Gasteiger partial charge in [-0.2, -0.15) is 0 Å². The second-order valence-electron chi connectivity index (χ2n) is 7.71. The van der Waals surface area contributed by atoms with Crippen molar-refractivity contribution in [2.75, 3.05) is 19.8 Å². The molecule has 160 valence electrons. The molecule has 0 aromatic carbocycles. The summed E-state index contributed by atoms with van der Waals surface area (Å²) in [4.78, 5) is 0. The lowest BCUT2D eigenvalue weighted by Gasteiger charge is -2.23. The van der Waals surface area contributed by atoms with Gasteiger partial charge in [-0.25, -0.2) is 0 Å². The van der Waals surface area contributed by atoms with Crippen LogP contribution in [0.15, 0.2) is 12.2 Å². The van der Waals surface area contributed by atoms with E-state index in [0.717, 1.165) is 6.42 Å². The van der Waals surface area contributed by atoms with E-state index in [1.165, 1.54) is 70.6 Å². The van der Waals surface area contributed by atoms with Crippen LogP contribution in [0.2, 0.25) is 0 Å². The van der Waals surface area contributed by atoms with Gasteiger partial charge in [0, 0.05) is 0 Å². The topological polar surface area (TPSA) is 79.2 Å². The molecule has 0 amide bonds. The molecule has 5 heteroatoms. The van der Waals surface area contributed by atoms with E-state index < -0.39 is 24.4 Å². The Morgan fingerprint density at radius 2 is 1.52 bits per heavy atom. The fraction of sp³-hybridized carbons (Fsp3) is 0.909. The van der Waals surface area contributed by atoms with Crippen LogP contribution in [0.3, 0.4) is 0 Å². The molecule has 4 atom stereocenters. The molecule has 0 saturated carbocycles. The van der Waals surface area contributed by atoms with Crippen molar-refractivity contribution in [1.29, 1.82) is 0 Å². The van der Waals surface area contributed by atoms with Crippen LogP contribution in [0.1, 0.15) is 84.0 Å².